The van der Waals surface area contributed by atoms with Crippen molar-refractivity contribution in [3.05, 3.63) is 51.2 Å². The Morgan fingerprint density at radius 2 is 2.21 bits per heavy atom. The van der Waals surface area contributed by atoms with Crippen LogP contribution in [0.4, 0.5) is 5.69 Å². The Bertz CT molecular complexity index is 586. The highest BCUT2D eigenvalue weighted by atomic mass is 35.5. The smallest absolute Gasteiger partial charge is 0.243 e. The van der Waals surface area contributed by atoms with E-state index in [0.717, 1.165) is 21.3 Å². The average molecular weight is 293 g/mol. The molecule has 1 aromatic heterocycles. The van der Waals surface area contributed by atoms with Gasteiger partial charge in [0.2, 0.25) is 5.91 Å². The fourth-order valence-electron chi connectivity index (χ4n) is 2.20. The van der Waals surface area contributed by atoms with Gasteiger partial charge in [0.15, 0.2) is 0 Å². The molecule has 2 N–H and O–H groups in total. The number of halogens is 1. The Balaban J connectivity index is 1.58. The van der Waals surface area contributed by atoms with Crippen LogP contribution in [0.5, 0.6) is 0 Å². The third kappa shape index (κ3) is 2.74. The Morgan fingerprint density at radius 1 is 1.37 bits per heavy atom. The van der Waals surface area contributed by atoms with E-state index in [4.69, 9.17) is 11.6 Å². The van der Waals surface area contributed by atoms with Crippen molar-refractivity contribution >= 4 is 34.5 Å². The summed E-state index contributed by atoms with van der Waals surface area (Å²) in [5.41, 5.74) is 2.25. The summed E-state index contributed by atoms with van der Waals surface area (Å²) >= 11 is 7.35. The van der Waals surface area contributed by atoms with E-state index in [1.165, 1.54) is 16.9 Å². The van der Waals surface area contributed by atoms with Crippen molar-refractivity contribution in [1.29, 1.82) is 0 Å². The number of thiophene rings is 1. The van der Waals surface area contributed by atoms with Crippen LogP contribution in [0, 0.1) is 0 Å². The van der Waals surface area contributed by atoms with E-state index < -0.39 is 0 Å². The lowest BCUT2D eigenvalue weighted by Gasteiger charge is -2.11. The van der Waals surface area contributed by atoms with Crippen molar-refractivity contribution in [2.24, 2.45) is 0 Å². The first kappa shape index (κ1) is 12.5. The molecule has 19 heavy (non-hydrogen) atoms. The van der Waals surface area contributed by atoms with E-state index in [2.05, 4.69) is 16.7 Å². The van der Waals surface area contributed by atoms with E-state index in [-0.39, 0.29) is 11.9 Å². The number of carbonyl (C=O) groups is 1. The molecule has 2 heterocycles. The predicted octanol–water partition coefficient (Wildman–Crippen LogP) is 3.05. The number of fused-ring (bicyclic) bond motifs is 1. The van der Waals surface area contributed by atoms with Crippen LogP contribution in [-0.2, 0) is 17.8 Å². The second kappa shape index (κ2) is 5.23. The number of hydrogen-bond acceptors (Lipinski definition) is 3. The van der Waals surface area contributed by atoms with Gasteiger partial charge >= 0.3 is 0 Å². The minimum absolute atomic E-state index is 0.0284. The summed E-state index contributed by atoms with van der Waals surface area (Å²) in [7, 11) is 0. The monoisotopic (exact) mass is 292 g/mol. The second-order valence-corrected chi connectivity index (χ2v) is 6.28. The molecule has 0 bridgehead atoms. The maximum atomic E-state index is 12.1. The van der Waals surface area contributed by atoms with Crippen molar-refractivity contribution in [3.8, 4) is 0 Å². The van der Waals surface area contributed by atoms with E-state index in [0.29, 0.717) is 6.54 Å². The zero-order valence-electron chi connectivity index (χ0n) is 10.2. The molecule has 0 spiro atoms. The number of rotatable bonds is 3. The second-order valence-electron chi connectivity index (χ2n) is 4.48. The van der Waals surface area contributed by atoms with Gasteiger partial charge < -0.3 is 10.6 Å². The number of hydrogen-bond donors (Lipinski definition) is 2. The fraction of sp³-hybridized carbons (Fsp3) is 0.214. The molecule has 0 saturated carbocycles. The summed E-state index contributed by atoms with van der Waals surface area (Å²) in [4.78, 5) is 13.2. The number of para-hydroxylation sites is 1. The molecule has 0 radical (unpaired) electrons. The number of carbonyl (C=O) groups excluding carboxylic acids is 1. The summed E-state index contributed by atoms with van der Waals surface area (Å²) < 4.78 is 0.746. The summed E-state index contributed by atoms with van der Waals surface area (Å²) in [5, 5.41) is 6.18. The van der Waals surface area contributed by atoms with Crippen LogP contribution in [0.1, 0.15) is 10.4 Å². The van der Waals surface area contributed by atoms with Crippen LogP contribution in [0.3, 0.4) is 0 Å². The van der Waals surface area contributed by atoms with Gasteiger partial charge in [0, 0.05) is 17.0 Å². The molecule has 3 nitrogen and oxygen atoms in total. The SMILES string of the molecule is O=C(NCc1ccc(Cl)s1)[C@@H]1Cc2ccccc2N1. The molecule has 0 aliphatic carbocycles. The maximum Gasteiger partial charge on any atom is 0.243 e. The lowest BCUT2D eigenvalue weighted by molar-refractivity contribution is -0.121. The molecule has 3 rings (SSSR count). The molecule has 1 aliphatic rings. The maximum absolute atomic E-state index is 12.1. The fourth-order valence-corrected chi connectivity index (χ4v) is 3.23. The number of anilines is 1. The van der Waals surface area contributed by atoms with Crippen LogP contribution in [-0.4, -0.2) is 11.9 Å². The first-order valence-corrected chi connectivity index (χ1v) is 7.28. The molecule has 1 amide bonds. The zero-order chi connectivity index (χ0) is 13.2. The number of nitrogens with one attached hydrogen (secondary N) is 2. The van der Waals surface area contributed by atoms with Gasteiger partial charge in [0.1, 0.15) is 6.04 Å². The lowest BCUT2D eigenvalue weighted by atomic mass is 10.1. The van der Waals surface area contributed by atoms with Gasteiger partial charge in [0.05, 0.1) is 10.9 Å². The van der Waals surface area contributed by atoms with Gasteiger partial charge in [-0.05, 0) is 23.8 Å². The topological polar surface area (TPSA) is 41.1 Å². The van der Waals surface area contributed by atoms with Crippen molar-refractivity contribution < 1.29 is 4.79 Å². The standard InChI is InChI=1S/C14H13ClN2OS/c15-13-6-5-10(19-13)8-16-14(18)12-7-9-3-1-2-4-11(9)17-12/h1-6,12,17H,7-8H2,(H,16,18)/t12-/m0/s1. The first-order chi connectivity index (χ1) is 9.22. The third-order valence-electron chi connectivity index (χ3n) is 3.15. The van der Waals surface area contributed by atoms with E-state index in [1.54, 1.807) is 0 Å². The van der Waals surface area contributed by atoms with E-state index >= 15 is 0 Å². The predicted molar refractivity (Wildman–Crippen MR) is 78.7 cm³/mol. The lowest BCUT2D eigenvalue weighted by Crippen LogP contribution is -2.37. The van der Waals surface area contributed by atoms with Crippen LogP contribution >= 0.6 is 22.9 Å². The molecular formula is C14H13ClN2OS. The molecule has 98 valence electrons. The molecule has 1 atom stereocenters. The van der Waals surface area contributed by atoms with Crippen LogP contribution < -0.4 is 10.6 Å². The van der Waals surface area contributed by atoms with Gasteiger partial charge in [-0.15, -0.1) is 11.3 Å². The minimum Gasteiger partial charge on any atom is -0.373 e. The third-order valence-corrected chi connectivity index (χ3v) is 4.38. The largest absolute Gasteiger partial charge is 0.373 e. The highest BCUT2D eigenvalue weighted by Gasteiger charge is 2.25. The zero-order valence-corrected chi connectivity index (χ0v) is 11.7. The summed E-state index contributed by atoms with van der Waals surface area (Å²) in [6, 6.07) is 11.6. The van der Waals surface area contributed by atoms with Crippen molar-refractivity contribution in [2.45, 2.75) is 19.0 Å². The molecule has 0 unspecified atom stereocenters. The Hall–Kier alpha value is -1.52. The Kier molecular flexibility index (Phi) is 3.44. The normalized spacial score (nSPS) is 16.8. The first-order valence-electron chi connectivity index (χ1n) is 6.09. The molecular weight excluding hydrogens is 280 g/mol. The molecule has 0 fully saturated rings. The minimum atomic E-state index is -0.173. The molecule has 1 aliphatic heterocycles. The number of benzene rings is 1. The van der Waals surface area contributed by atoms with Gasteiger partial charge in [-0.3, -0.25) is 4.79 Å². The van der Waals surface area contributed by atoms with Crippen LogP contribution in [0.25, 0.3) is 0 Å². The van der Waals surface area contributed by atoms with Gasteiger partial charge in [-0.2, -0.15) is 0 Å². The van der Waals surface area contributed by atoms with Crippen LogP contribution in [0.15, 0.2) is 36.4 Å². The van der Waals surface area contributed by atoms with Crippen LogP contribution in [0.2, 0.25) is 4.34 Å². The average Bonchev–Trinajstić information content (AvgIpc) is 3.01. The summed E-state index contributed by atoms with van der Waals surface area (Å²) in [6.07, 6.45) is 0.743. The van der Waals surface area contributed by atoms with Crippen molar-refractivity contribution in [2.75, 3.05) is 5.32 Å². The molecule has 5 heteroatoms. The van der Waals surface area contributed by atoms with Gasteiger partial charge in [-0.1, -0.05) is 29.8 Å². The number of amides is 1. The van der Waals surface area contributed by atoms with Crippen molar-refractivity contribution in [1.82, 2.24) is 5.32 Å². The highest BCUT2D eigenvalue weighted by Crippen LogP contribution is 2.25. The van der Waals surface area contributed by atoms with Crippen molar-refractivity contribution in [3.63, 3.8) is 0 Å². The quantitative estimate of drug-likeness (QED) is 0.913. The highest BCUT2D eigenvalue weighted by molar-refractivity contribution is 7.16. The molecule has 0 saturated heterocycles. The molecule has 1 aromatic carbocycles. The van der Waals surface area contributed by atoms with Gasteiger partial charge in [-0.25, -0.2) is 0 Å². The Morgan fingerprint density at radius 3 is 2.95 bits per heavy atom. The Labute approximate surface area is 120 Å². The van der Waals surface area contributed by atoms with E-state index in [1.807, 2.05) is 30.3 Å². The van der Waals surface area contributed by atoms with E-state index in [9.17, 15) is 4.79 Å². The van der Waals surface area contributed by atoms with Gasteiger partial charge in [0.25, 0.3) is 0 Å². The summed E-state index contributed by atoms with van der Waals surface area (Å²) in [5.74, 6) is 0.0284. The molecule has 2 aromatic rings. The summed E-state index contributed by atoms with van der Waals surface area (Å²) in [6.45, 7) is 0.532.